The van der Waals surface area contributed by atoms with Crippen LogP contribution in [0.25, 0.3) is 0 Å². The van der Waals surface area contributed by atoms with Crippen molar-refractivity contribution < 1.29 is 19.0 Å². The molecular formula is C21H25N3O4. The molecule has 0 spiro atoms. The van der Waals surface area contributed by atoms with Gasteiger partial charge in [0.05, 0.1) is 12.3 Å². The molecule has 0 unspecified atom stereocenters. The molecular weight excluding hydrogens is 358 g/mol. The number of rotatable bonds is 5. The molecule has 2 heterocycles. The van der Waals surface area contributed by atoms with E-state index in [4.69, 9.17) is 14.2 Å². The lowest BCUT2D eigenvalue weighted by atomic mass is 10.1. The van der Waals surface area contributed by atoms with Crippen LogP contribution in [0.1, 0.15) is 12.5 Å². The predicted octanol–water partition coefficient (Wildman–Crippen LogP) is 3.16. The molecule has 0 bridgehead atoms. The van der Waals surface area contributed by atoms with E-state index in [1.807, 2.05) is 48.2 Å². The molecule has 7 nitrogen and oxygen atoms in total. The summed E-state index contributed by atoms with van der Waals surface area (Å²) in [4.78, 5) is 16.8. The van der Waals surface area contributed by atoms with Crippen LogP contribution in [0.2, 0.25) is 0 Å². The second-order valence-electron chi connectivity index (χ2n) is 6.81. The van der Waals surface area contributed by atoms with Crippen molar-refractivity contribution >= 4 is 11.7 Å². The van der Waals surface area contributed by atoms with E-state index in [-0.39, 0.29) is 6.03 Å². The lowest BCUT2D eigenvalue weighted by Gasteiger charge is -2.34. The van der Waals surface area contributed by atoms with Gasteiger partial charge in [-0.25, -0.2) is 4.79 Å². The van der Waals surface area contributed by atoms with Crippen molar-refractivity contribution in [1.82, 2.24) is 9.80 Å². The standard InChI is InChI=1S/C21H25N3O4/c1-2-26-18-6-4-3-5-17(18)22-21(25)24-11-9-23(10-12-24)14-16-7-8-19-20(13-16)28-15-27-19/h3-8,13H,2,9-12,14-15H2,1H3,(H,22,25). The van der Waals surface area contributed by atoms with E-state index < -0.39 is 0 Å². The zero-order valence-electron chi connectivity index (χ0n) is 16.0. The van der Waals surface area contributed by atoms with Crippen molar-refractivity contribution in [3.8, 4) is 17.2 Å². The molecule has 1 saturated heterocycles. The first-order valence-corrected chi connectivity index (χ1v) is 9.61. The molecule has 2 amide bonds. The molecule has 2 aromatic carbocycles. The number of carbonyl (C=O) groups is 1. The molecule has 0 aliphatic carbocycles. The third kappa shape index (κ3) is 4.14. The van der Waals surface area contributed by atoms with E-state index in [0.717, 1.165) is 31.1 Å². The van der Waals surface area contributed by atoms with Gasteiger partial charge in [0.25, 0.3) is 0 Å². The van der Waals surface area contributed by atoms with Crippen molar-refractivity contribution in [2.75, 3.05) is 44.9 Å². The average Bonchev–Trinajstić information content (AvgIpc) is 3.18. The minimum Gasteiger partial charge on any atom is -0.492 e. The molecule has 2 aromatic rings. The fourth-order valence-electron chi connectivity index (χ4n) is 3.45. The van der Waals surface area contributed by atoms with Gasteiger partial charge in [-0.2, -0.15) is 0 Å². The number of carbonyl (C=O) groups excluding carboxylic acids is 1. The van der Waals surface area contributed by atoms with Crippen LogP contribution in [0, 0.1) is 0 Å². The van der Waals surface area contributed by atoms with Crippen LogP contribution < -0.4 is 19.5 Å². The van der Waals surface area contributed by atoms with E-state index in [2.05, 4.69) is 16.3 Å². The summed E-state index contributed by atoms with van der Waals surface area (Å²) in [5.74, 6) is 2.31. The van der Waals surface area contributed by atoms with Crippen LogP contribution in [0.15, 0.2) is 42.5 Å². The lowest BCUT2D eigenvalue weighted by Crippen LogP contribution is -2.49. The fourth-order valence-corrected chi connectivity index (χ4v) is 3.45. The Morgan fingerprint density at radius 3 is 2.68 bits per heavy atom. The smallest absolute Gasteiger partial charge is 0.322 e. The molecule has 4 rings (SSSR count). The molecule has 0 atom stereocenters. The number of ether oxygens (including phenoxy) is 3. The Morgan fingerprint density at radius 2 is 1.86 bits per heavy atom. The summed E-state index contributed by atoms with van der Waals surface area (Å²) in [5, 5.41) is 2.97. The van der Waals surface area contributed by atoms with Crippen LogP contribution in [-0.4, -0.2) is 55.4 Å². The van der Waals surface area contributed by atoms with Crippen molar-refractivity contribution in [3.05, 3.63) is 48.0 Å². The minimum atomic E-state index is -0.0881. The van der Waals surface area contributed by atoms with Crippen LogP contribution in [0.4, 0.5) is 10.5 Å². The number of anilines is 1. The Balaban J connectivity index is 1.30. The number of urea groups is 1. The number of piperazine rings is 1. The van der Waals surface area contributed by atoms with E-state index >= 15 is 0 Å². The van der Waals surface area contributed by atoms with Crippen LogP contribution in [0.5, 0.6) is 17.2 Å². The third-order valence-corrected chi connectivity index (χ3v) is 4.93. The van der Waals surface area contributed by atoms with E-state index in [0.29, 0.717) is 37.9 Å². The largest absolute Gasteiger partial charge is 0.492 e. The predicted molar refractivity (Wildman–Crippen MR) is 106 cm³/mol. The summed E-state index contributed by atoms with van der Waals surface area (Å²) >= 11 is 0. The van der Waals surface area contributed by atoms with E-state index in [9.17, 15) is 4.79 Å². The fraction of sp³-hybridized carbons (Fsp3) is 0.381. The average molecular weight is 383 g/mol. The number of benzene rings is 2. The molecule has 7 heteroatoms. The molecule has 1 N–H and O–H groups in total. The van der Waals surface area contributed by atoms with Crippen LogP contribution in [-0.2, 0) is 6.54 Å². The molecule has 2 aliphatic heterocycles. The number of nitrogens with zero attached hydrogens (tertiary/aromatic N) is 2. The number of para-hydroxylation sites is 2. The van der Waals surface area contributed by atoms with Crippen molar-refractivity contribution in [1.29, 1.82) is 0 Å². The first kappa shape index (κ1) is 18.4. The highest BCUT2D eigenvalue weighted by atomic mass is 16.7. The molecule has 28 heavy (non-hydrogen) atoms. The van der Waals surface area contributed by atoms with Gasteiger partial charge in [-0.15, -0.1) is 0 Å². The van der Waals surface area contributed by atoms with Gasteiger partial charge in [-0.1, -0.05) is 18.2 Å². The number of nitrogens with one attached hydrogen (secondary N) is 1. The summed E-state index contributed by atoms with van der Waals surface area (Å²) in [7, 11) is 0. The first-order valence-electron chi connectivity index (χ1n) is 9.61. The van der Waals surface area contributed by atoms with Crippen LogP contribution in [0.3, 0.4) is 0 Å². The Hall–Kier alpha value is -2.93. The van der Waals surface area contributed by atoms with E-state index in [1.165, 1.54) is 5.56 Å². The number of amides is 2. The van der Waals surface area contributed by atoms with Crippen molar-refractivity contribution in [2.24, 2.45) is 0 Å². The summed E-state index contributed by atoms with van der Waals surface area (Å²) in [6.07, 6.45) is 0. The highest BCUT2D eigenvalue weighted by molar-refractivity contribution is 5.91. The normalized spacial score (nSPS) is 16.1. The molecule has 0 saturated carbocycles. The maximum absolute atomic E-state index is 12.6. The van der Waals surface area contributed by atoms with Gasteiger partial charge < -0.3 is 24.4 Å². The van der Waals surface area contributed by atoms with Gasteiger partial charge >= 0.3 is 6.03 Å². The number of hydrogen-bond acceptors (Lipinski definition) is 5. The highest BCUT2D eigenvalue weighted by Crippen LogP contribution is 2.33. The monoisotopic (exact) mass is 383 g/mol. The van der Waals surface area contributed by atoms with Gasteiger partial charge in [-0.3, -0.25) is 4.90 Å². The highest BCUT2D eigenvalue weighted by Gasteiger charge is 2.22. The van der Waals surface area contributed by atoms with E-state index in [1.54, 1.807) is 0 Å². The maximum Gasteiger partial charge on any atom is 0.322 e. The summed E-state index contributed by atoms with van der Waals surface area (Å²) in [6, 6.07) is 13.5. The topological polar surface area (TPSA) is 63.3 Å². The zero-order chi connectivity index (χ0) is 19.3. The van der Waals surface area contributed by atoms with Gasteiger partial charge in [-0.05, 0) is 36.8 Å². The summed E-state index contributed by atoms with van der Waals surface area (Å²) in [5.41, 5.74) is 1.89. The van der Waals surface area contributed by atoms with Gasteiger partial charge in [0.1, 0.15) is 5.75 Å². The Morgan fingerprint density at radius 1 is 1.07 bits per heavy atom. The van der Waals surface area contributed by atoms with Gasteiger partial charge in [0.15, 0.2) is 11.5 Å². The van der Waals surface area contributed by atoms with Crippen LogP contribution >= 0.6 is 0 Å². The molecule has 2 aliphatic rings. The van der Waals surface area contributed by atoms with Crippen molar-refractivity contribution in [3.63, 3.8) is 0 Å². The zero-order valence-corrected chi connectivity index (χ0v) is 16.0. The Kier molecular flexibility index (Phi) is 5.53. The SMILES string of the molecule is CCOc1ccccc1NC(=O)N1CCN(Cc2ccc3c(c2)OCO3)CC1. The Labute approximate surface area is 164 Å². The second-order valence-corrected chi connectivity index (χ2v) is 6.81. The maximum atomic E-state index is 12.6. The lowest BCUT2D eigenvalue weighted by molar-refractivity contribution is 0.143. The first-order chi connectivity index (χ1) is 13.7. The third-order valence-electron chi connectivity index (χ3n) is 4.93. The van der Waals surface area contributed by atoms with Crippen molar-refractivity contribution in [2.45, 2.75) is 13.5 Å². The minimum absolute atomic E-state index is 0.0881. The van der Waals surface area contributed by atoms with Gasteiger partial charge in [0, 0.05) is 32.7 Å². The molecule has 0 radical (unpaired) electrons. The Bertz CT molecular complexity index is 834. The molecule has 1 fully saturated rings. The molecule has 0 aromatic heterocycles. The number of hydrogen-bond donors (Lipinski definition) is 1. The summed E-state index contributed by atoms with van der Waals surface area (Å²) in [6.45, 7) is 6.64. The molecule has 148 valence electrons. The second kappa shape index (κ2) is 8.39. The number of fused-ring (bicyclic) bond motifs is 1. The summed E-state index contributed by atoms with van der Waals surface area (Å²) < 4.78 is 16.4. The quantitative estimate of drug-likeness (QED) is 0.859. The van der Waals surface area contributed by atoms with Gasteiger partial charge in [0.2, 0.25) is 6.79 Å².